The first kappa shape index (κ1) is 21.9. The van der Waals surface area contributed by atoms with E-state index >= 15 is 0 Å². The minimum Gasteiger partial charge on any atom is -0.497 e. The van der Waals surface area contributed by atoms with Gasteiger partial charge in [-0.3, -0.25) is 4.57 Å². The van der Waals surface area contributed by atoms with Gasteiger partial charge in [0, 0.05) is 18.2 Å². The highest BCUT2D eigenvalue weighted by atomic mass is 19.1. The first-order chi connectivity index (χ1) is 17.1. The molecular formula is C23H18FN9O2. The minimum absolute atomic E-state index is 0.137. The molecule has 0 aliphatic rings. The number of hydrogen-bond acceptors (Lipinski definition) is 9. The lowest BCUT2D eigenvalue weighted by Gasteiger charge is -2.14. The molecule has 0 N–H and O–H groups in total. The fourth-order valence-corrected chi connectivity index (χ4v) is 3.59. The lowest BCUT2D eigenvalue weighted by Crippen LogP contribution is -2.20. The van der Waals surface area contributed by atoms with E-state index in [1.807, 2.05) is 19.1 Å². The van der Waals surface area contributed by atoms with E-state index in [0.29, 0.717) is 35.0 Å². The summed E-state index contributed by atoms with van der Waals surface area (Å²) in [6.07, 6.45) is 2.77. The second-order valence-electron chi connectivity index (χ2n) is 7.59. The molecule has 4 heterocycles. The molecule has 0 radical (unpaired) electrons. The van der Waals surface area contributed by atoms with Crippen molar-refractivity contribution in [1.82, 2.24) is 39.7 Å². The molecule has 1 atom stereocenters. The molecular weight excluding hydrogens is 453 g/mol. The van der Waals surface area contributed by atoms with Crippen LogP contribution in [0.15, 0.2) is 55.1 Å². The summed E-state index contributed by atoms with van der Waals surface area (Å²) in [4.78, 5) is 13.6. The van der Waals surface area contributed by atoms with Crippen LogP contribution < -0.4 is 9.47 Å². The van der Waals surface area contributed by atoms with E-state index in [1.165, 1.54) is 19.8 Å². The van der Waals surface area contributed by atoms with Gasteiger partial charge in [0.1, 0.15) is 47.5 Å². The highest BCUT2D eigenvalue weighted by molar-refractivity contribution is 5.77. The van der Waals surface area contributed by atoms with Crippen LogP contribution >= 0.6 is 0 Å². The third-order valence-corrected chi connectivity index (χ3v) is 5.19. The van der Waals surface area contributed by atoms with Crippen LogP contribution in [0.25, 0.3) is 28.2 Å². The summed E-state index contributed by atoms with van der Waals surface area (Å²) >= 11 is 0. The summed E-state index contributed by atoms with van der Waals surface area (Å²) in [5.74, 6) is -0.000840. The van der Waals surface area contributed by atoms with Gasteiger partial charge in [-0.1, -0.05) is 6.07 Å². The second kappa shape index (κ2) is 9.14. The molecule has 0 spiro atoms. The summed E-state index contributed by atoms with van der Waals surface area (Å²) in [5.41, 5.74) is 2.28. The molecule has 0 fully saturated rings. The smallest absolute Gasteiger partial charge is 0.214 e. The van der Waals surface area contributed by atoms with E-state index in [4.69, 9.17) is 14.5 Å². The Balaban J connectivity index is 1.50. The molecule has 0 saturated heterocycles. The van der Waals surface area contributed by atoms with E-state index in [-0.39, 0.29) is 23.1 Å². The fraction of sp³-hybridized carbons (Fsp3) is 0.174. The van der Waals surface area contributed by atoms with Gasteiger partial charge in [0.15, 0.2) is 5.65 Å². The second-order valence-corrected chi connectivity index (χ2v) is 7.59. The van der Waals surface area contributed by atoms with E-state index in [1.54, 1.807) is 39.6 Å². The van der Waals surface area contributed by atoms with Crippen LogP contribution in [-0.2, 0) is 6.54 Å². The molecule has 0 unspecified atom stereocenters. The molecule has 12 heteroatoms. The molecule has 5 aromatic rings. The van der Waals surface area contributed by atoms with Gasteiger partial charge in [-0.25, -0.2) is 24.0 Å². The van der Waals surface area contributed by atoms with Crippen LogP contribution in [-0.4, -0.2) is 52.9 Å². The number of benzene rings is 1. The van der Waals surface area contributed by atoms with Crippen molar-refractivity contribution < 1.29 is 13.9 Å². The topological polar surface area (TPSA) is 129 Å². The normalized spacial score (nSPS) is 11.8. The number of imidazole rings is 1. The molecule has 0 aliphatic heterocycles. The monoisotopic (exact) mass is 471 g/mol. The number of tetrazole rings is 1. The number of fused-ring (bicyclic) bond motifs is 1. The van der Waals surface area contributed by atoms with Gasteiger partial charge in [-0.15, -0.1) is 5.10 Å². The van der Waals surface area contributed by atoms with Crippen LogP contribution in [0, 0.1) is 17.1 Å². The molecule has 4 aromatic heterocycles. The molecule has 174 valence electrons. The van der Waals surface area contributed by atoms with Crippen molar-refractivity contribution in [2.75, 3.05) is 7.11 Å². The number of nitrogens with zero attached hydrogens (tertiary/aromatic N) is 9. The maximum Gasteiger partial charge on any atom is 0.214 e. The Morgan fingerprint density at radius 3 is 2.74 bits per heavy atom. The van der Waals surface area contributed by atoms with Crippen molar-refractivity contribution in [3.8, 4) is 34.8 Å². The molecule has 0 bridgehead atoms. The van der Waals surface area contributed by atoms with Crippen molar-refractivity contribution in [2.45, 2.75) is 19.6 Å². The molecule has 11 nitrogen and oxygen atoms in total. The lowest BCUT2D eigenvalue weighted by atomic mass is 10.1. The number of pyridine rings is 2. The van der Waals surface area contributed by atoms with Crippen molar-refractivity contribution in [2.24, 2.45) is 0 Å². The van der Waals surface area contributed by atoms with Crippen molar-refractivity contribution >= 4 is 11.2 Å². The number of aromatic nitrogens is 8. The third kappa shape index (κ3) is 4.34. The van der Waals surface area contributed by atoms with Gasteiger partial charge in [-0.2, -0.15) is 5.26 Å². The van der Waals surface area contributed by atoms with Crippen molar-refractivity contribution in [1.29, 1.82) is 5.26 Å². The van der Waals surface area contributed by atoms with E-state index in [9.17, 15) is 9.65 Å². The standard InChI is InChI=1S/C23H18FN9O2/c1-14(11-32-13-27-30-31-32)35-22-5-3-4-18(28-22)19-6-7-20-23(29-19)33(12-26-20)21-9-15(34-2)8-17(24)16(21)10-25/h3-9,12-14H,11H2,1-2H3/t14-/m0/s1. The molecule has 1 aromatic carbocycles. The first-order valence-electron chi connectivity index (χ1n) is 10.5. The Bertz CT molecular complexity index is 1540. The summed E-state index contributed by atoms with van der Waals surface area (Å²) < 4.78 is 28.7. The Morgan fingerprint density at radius 2 is 1.97 bits per heavy atom. The zero-order valence-corrected chi connectivity index (χ0v) is 18.7. The summed E-state index contributed by atoms with van der Waals surface area (Å²) in [6.45, 7) is 2.35. The van der Waals surface area contributed by atoms with E-state index < -0.39 is 5.82 Å². The minimum atomic E-state index is -0.692. The van der Waals surface area contributed by atoms with Crippen LogP contribution in [0.4, 0.5) is 4.39 Å². The van der Waals surface area contributed by atoms with Gasteiger partial charge in [-0.05, 0) is 35.5 Å². The van der Waals surface area contributed by atoms with Crippen molar-refractivity contribution in [3.05, 3.63) is 66.5 Å². The SMILES string of the molecule is COc1cc(F)c(C#N)c(-n2cnc3ccc(-c4cccc(O[C@@H](C)Cn5cnnn5)n4)nc32)c1. The van der Waals surface area contributed by atoms with E-state index in [2.05, 4.69) is 25.5 Å². The number of ether oxygens (including phenoxy) is 2. The van der Waals surface area contributed by atoms with Gasteiger partial charge in [0.05, 0.1) is 30.7 Å². The quantitative estimate of drug-likeness (QED) is 0.352. The maximum absolute atomic E-state index is 14.5. The van der Waals surface area contributed by atoms with Crippen molar-refractivity contribution in [3.63, 3.8) is 0 Å². The van der Waals surface area contributed by atoms with Crippen LogP contribution in [0.3, 0.4) is 0 Å². The van der Waals surface area contributed by atoms with Crippen LogP contribution in [0.1, 0.15) is 12.5 Å². The number of hydrogen-bond donors (Lipinski definition) is 0. The predicted octanol–water partition coefficient (Wildman–Crippen LogP) is 2.96. The lowest BCUT2D eigenvalue weighted by molar-refractivity contribution is 0.185. The third-order valence-electron chi connectivity index (χ3n) is 5.19. The molecule has 0 saturated carbocycles. The molecule has 0 aliphatic carbocycles. The highest BCUT2D eigenvalue weighted by Crippen LogP contribution is 2.28. The Morgan fingerprint density at radius 1 is 1.11 bits per heavy atom. The molecule has 0 amide bonds. The van der Waals surface area contributed by atoms with Gasteiger partial charge in [0.2, 0.25) is 5.88 Å². The first-order valence-corrected chi connectivity index (χ1v) is 10.5. The van der Waals surface area contributed by atoms with Gasteiger partial charge in [0.25, 0.3) is 0 Å². The van der Waals surface area contributed by atoms with Crippen LogP contribution in [0.2, 0.25) is 0 Å². The molecule has 35 heavy (non-hydrogen) atoms. The number of nitriles is 1. The summed E-state index contributed by atoms with van der Waals surface area (Å²) in [6, 6.07) is 13.6. The number of halogens is 1. The summed E-state index contributed by atoms with van der Waals surface area (Å²) in [7, 11) is 1.43. The van der Waals surface area contributed by atoms with Gasteiger partial charge < -0.3 is 9.47 Å². The number of rotatable bonds is 7. The number of methoxy groups -OCH3 is 1. The van der Waals surface area contributed by atoms with Crippen LogP contribution in [0.5, 0.6) is 11.6 Å². The summed E-state index contributed by atoms with van der Waals surface area (Å²) in [5, 5.41) is 20.6. The largest absolute Gasteiger partial charge is 0.497 e. The Hall–Kier alpha value is -4.92. The zero-order valence-electron chi connectivity index (χ0n) is 18.7. The highest BCUT2D eigenvalue weighted by Gasteiger charge is 2.17. The van der Waals surface area contributed by atoms with E-state index in [0.717, 1.165) is 6.07 Å². The van der Waals surface area contributed by atoms with Gasteiger partial charge >= 0.3 is 0 Å². The Labute approximate surface area is 198 Å². The Kier molecular flexibility index (Phi) is 5.72. The average Bonchev–Trinajstić information content (AvgIpc) is 3.53. The predicted molar refractivity (Wildman–Crippen MR) is 121 cm³/mol. The average molecular weight is 471 g/mol. The zero-order chi connectivity index (χ0) is 24.4. The molecule has 5 rings (SSSR count). The maximum atomic E-state index is 14.5. The fourth-order valence-electron chi connectivity index (χ4n) is 3.59.